The van der Waals surface area contributed by atoms with Crippen LogP contribution in [0.4, 0.5) is 0 Å². The molecule has 1 aromatic heterocycles. The first-order valence-corrected chi connectivity index (χ1v) is 8.73. The Bertz CT molecular complexity index is 721. The van der Waals surface area contributed by atoms with Crippen LogP contribution < -0.4 is 5.32 Å². The second-order valence-electron chi connectivity index (χ2n) is 6.55. The third-order valence-electron chi connectivity index (χ3n) is 4.72. The van der Waals surface area contributed by atoms with Gasteiger partial charge in [0.25, 0.3) is 5.91 Å². The Kier molecular flexibility index (Phi) is 5.48. The Morgan fingerprint density at radius 1 is 1.20 bits per heavy atom. The summed E-state index contributed by atoms with van der Waals surface area (Å²) in [5.41, 5.74) is 1.28. The van der Waals surface area contributed by atoms with E-state index in [4.69, 9.17) is 0 Å². The minimum absolute atomic E-state index is 0.0827. The molecule has 2 aromatic rings. The van der Waals surface area contributed by atoms with E-state index in [1.165, 1.54) is 12.8 Å². The summed E-state index contributed by atoms with van der Waals surface area (Å²) in [7, 11) is 0. The van der Waals surface area contributed by atoms with Crippen molar-refractivity contribution in [1.82, 2.24) is 15.1 Å². The standard InChI is InChI=1S/C19H23N3O3/c23-18(17-10-11-22(21-17)16-8-4-5-9-16)20-13-15(19(24)25)12-14-6-2-1-3-7-14/h1-3,6-7,10-11,15-16H,4-5,8-9,12-13H2,(H,20,23)(H,24,25). The number of aliphatic carboxylic acids is 1. The quantitative estimate of drug-likeness (QED) is 0.811. The SMILES string of the molecule is O=C(NCC(Cc1ccccc1)C(=O)O)c1ccn(C2CCCC2)n1. The number of nitrogens with one attached hydrogen (secondary N) is 1. The molecule has 6 nitrogen and oxygen atoms in total. The highest BCUT2D eigenvalue weighted by Gasteiger charge is 2.22. The predicted octanol–water partition coefficient (Wildman–Crippen LogP) is 2.67. The van der Waals surface area contributed by atoms with E-state index >= 15 is 0 Å². The topological polar surface area (TPSA) is 84.2 Å². The van der Waals surface area contributed by atoms with E-state index in [1.807, 2.05) is 41.2 Å². The molecular formula is C19H23N3O3. The lowest BCUT2D eigenvalue weighted by atomic mass is 9.99. The zero-order valence-electron chi connectivity index (χ0n) is 14.1. The summed E-state index contributed by atoms with van der Waals surface area (Å²) in [5, 5.41) is 16.5. The van der Waals surface area contributed by atoms with Crippen LogP contribution in [0.15, 0.2) is 42.6 Å². The number of aromatic nitrogens is 2. The van der Waals surface area contributed by atoms with Crippen LogP contribution in [0, 0.1) is 5.92 Å². The van der Waals surface area contributed by atoms with Gasteiger partial charge in [-0.2, -0.15) is 5.10 Å². The summed E-state index contributed by atoms with van der Waals surface area (Å²) in [6.45, 7) is 0.0827. The van der Waals surface area contributed by atoms with Gasteiger partial charge >= 0.3 is 5.97 Å². The number of hydrogen-bond acceptors (Lipinski definition) is 3. The Morgan fingerprint density at radius 3 is 2.60 bits per heavy atom. The van der Waals surface area contributed by atoms with Gasteiger partial charge in [-0.3, -0.25) is 14.3 Å². The number of carbonyl (C=O) groups is 2. The van der Waals surface area contributed by atoms with Crippen LogP contribution in [0.1, 0.15) is 47.8 Å². The zero-order chi connectivity index (χ0) is 17.6. The van der Waals surface area contributed by atoms with Crippen molar-refractivity contribution in [2.45, 2.75) is 38.1 Å². The highest BCUT2D eigenvalue weighted by atomic mass is 16.4. The number of nitrogens with zero attached hydrogens (tertiary/aromatic N) is 2. The zero-order valence-corrected chi connectivity index (χ0v) is 14.1. The molecule has 0 radical (unpaired) electrons. The molecule has 1 fully saturated rings. The van der Waals surface area contributed by atoms with E-state index in [-0.39, 0.29) is 12.5 Å². The first-order valence-electron chi connectivity index (χ1n) is 8.73. The van der Waals surface area contributed by atoms with Crippen molar-refractivity contribution in [3.05, 3.63) is 53.9 Å². The lowest BCUT2D eigenvalue weighted by molar-refractivity contribution is -0.141. The van der Waals surface area contributed by atoms with Crippen LogP contribution in [0.25, 0.3) is 0 Å². The van der Waals surface area contributed by atoms with E-state index in [0.29, 0.717) is 18.2 Å². The Morgan fingerprint density at radius 2 is 1.92 bits per heavy atom. The number of rotatable bonds is 7. The molecule has 1 amide bonds. The number of amides is 1. The molecule has 0 aliphatic heterocycles. The van der Waals surface area contributed by atoms with Gasteiger partial charge in [0.1, 0.15) is 5.69 Å². The summed E-state index contributed by atoms with van der Waals surface area (Å²) < 4.78 is 1.86. The maximum atomic E-state index is 12.3. The molecule has 25 heavy (non-hydrogen) atoms. The number of benzene rings is 1. The third-order valence-corrected chi connectivity index (χ3v) is 4.72. The Labute approximate surface area is 146 Å². The lowest BCUT2D eigenvalue weighted by Gasteiger charge is -2.13. The predicted molar refractivity (Wildman–Crippen MR) is 93.3 cm³/mol. The largest absolute Gasteiger partial charge is 0.481 e. The number of carboxylic acids is 1. The average molecular weight is 341 g/mol. The summed E-state index contributed by atoms with van der Waals surface area (Å²) in [6, 6.07) is 11.5. The van der Waals surface area contributed by atoms with Crippen molar-refractivity contribution in [2.75, 3.05) is 6.54 Å². The number of carbonyl (C=O) groups excluding carboxylic acids is 1. The highest BCUT2D eigenvalue weighted by molar-refractivity contribution is 5.92. The van der Waals surface area contributed by atoms with Gasteiger partial charge < -0.3 is 10.4 Å². The Hall–Kier alpha value is -2.63. The molecule has 1 heterocycles. The van der Waals surface area contributed by atoms with Gasteiger partial charge in [0.05, 0.1) is 12.0 Å². The molecule has 1 saturated carbocycles. The van der Waals surface area contributed by atoms with E-state index in [9.17, 15) is 14.7 Å². The Balaban J connectivity index is 1.57. The lowest BCUT2D eigenvalue weighted by Crippen LogP contribution is -2.34. The summed E-state index contributed by atoms with van der Waals surface area (Å²) in [5.74, 6) is -1.90. The van der Waals surface area contributed by atoms with Gasteiger partial charge in [-0.05, 0) is 30.9 Å². The van der Waals surface area contributed by atoms with Crippen LogP contribution in [-0.2, 0) is 11.2 Å². The fourth-order valence-electron chi connectivity index (χ4n) is 3.28. The molecule has 2 N–H and O–H groups in total. The molecule has 1 aliphatic carbocycles. The maximum Gasteiger partial charge on any atom is 0.308 e. The molecule has 3 rings (SSSR count). The minimum atomic E-state index is -0.916. The normalized spacial score (nSPS) is 15.8. The van der Waals surface area contributed by atoms with Gasteiger partial charge in [-0.1, -0.05) is 43.2 Å². The smallest absolute Gasteiger partial charge is 0.308 e. The summed E-state index contributed by atoms with van der Waals surface area (Å²) in [4.78, 5) is 23.7. The fraction of sp³-hybridized carbons (Fsp3) is 0.421. The maximum absolute atomic E-state index is 12.3. The van der Waals surface area contributed by atoms with Crippen LogP contribution in [-0.4, -0.2) is 33.3 Å². The van der Waals surface area contributed by atoms with E-state index in [0.717, 1.165) is 18.4 Å². The first kappa shape index (κ1) is 17.2. The summed E-state index contributed by atoms with van der Waals surface area (Å²) >= 11 is 0. The van der Waals surface area contributed by atoms with Crippen molar-refractivity contribution >= 4 is 11.9 Å². The molecular weight excluding hydrogens is 318 g/mol. The van der Waals surface area contributed by atoms with Gasteiger partial charge in [0.15, 0.2) is 0 Å². The monoisotopic (exact) mass is 341 g/mol. The van der Waals surface area contributed by atoms with Gasteiger partial charge in [0.2, 0.25) is 0 Å². The van der Waals surface area contributed by atoms with Crippen molar-refractivity contribution in [3.63, 3.8) is 0 Å². The number of carboxylic acid groups (broad SMARTS) is 1. The fourth-order valence-corrected chi connectivity index (χ4v) is 3.28. The molecule has 0 bridgehead atoms. The molecule has 6 heteroatoms. The van der Waals surface area contributed by atoms with E-state index in [2.05, 4.69) is 10.4 Å². The van der Waals surface area contributed by atoms with Crippen molar-refractivity contribution in [3.8, 4) is 0 Å². The molecule has 1 unspecified atom stereocenters. The molecule has 1 atom stereocenters. The number of hydrogen-bond donors (Lipinski definition) is 2. The van der Waals surface area contributed by atoms with Crippen LogP contribution in [0.2, 0.25) is 0 Å². The molecule has 0 spiro atoms. The van der Waals surface area contributed by atoms with Crippen molar-refractivity contribution in [2.24, 2.45) is 5.92 Å². The van der Waals surface area contributed by atoms with E-state index < -0.39 is 11.9 Å². The molecule has 0 saturated heterocycles. The van der Waals surface area contributed by atoms with Crippen molar-refractivity contribution < 1.29 is 14.7 Å². The van der Waals surface area contributed by atoms with Crippen LogP contribution in [0.5, 0.6) is 0 Å². The second-order valence-corrected chi connectivity index (χ2v) is 6.55. The molecule has 1 aromatic carbocycles. The van der Waals surface area contributed by atoms with Crippen molar-refractivity contribution in [1.29, 1.82) is 0 Å². The van der Waals surface area contributed by atoms with Gasteiger partial charge in [0, 0.05) is 12.7 Å². The van der Waals surface area contributed by atoms with Crippen LogP contribution in [0.3, 0.4) is 0 Å². The van der Waals surface area contributed by atoms with Crippen LogP contribution >= 0.6 is 0 Å². The molecule has 1 aliphatic rings. The first-order chi connectivity index (χ1) is 12.1. The molecule has 132 valence electrons. The van der Waals surface area contributed by atoms with Gasteiger partial charge in [-0.25, -0.2) is 0 Å². The van der Waals surface area contributed by atoms with E-state index in [1.54, 1.807) is 6.07 Å². The highest BCUT2D eigenvalue weighted by Crippen LogP contribution is 2.28. The summed E-state index contributed by atoms with van der Waals surface area (Å²) in [6.07, 6.45) is 6.82. The minimum Gasteiger partial charge on any atom is -0.481 e. The third kappa shape index (κ3) is 4.47. The second kappa shape index (κ2) is 7.96. The average Bonchev–Trinajstić information content (AvgIpc) is 3.29. The van der Waals surface area contributed by atoms with Gasteiger partial charge in [-0.15, -0.1) is 0 Å².